The van der Waals surface area contributed by atoms with Crippen LogP contribution in [-0.2, 0) is 0 Å². The van der Waals surface area contributed by atoms with Crippen molar-refractivity contribution < 1.29 is 0 Å². The highest BCUT2D eigenvalue weighted by atomic mass is 32.1. The van der Waals surface area contributed by atoms with Crippen LogP contribution in [-0.4, -0.2) is 30.5 Å². The molecule has 0 aliphatic rings. The standard InChI is InChI=1S/C15H20N2S/c1-12-11-16-15(18-12)14(9-10-17(2)3)13-7-5-4-6-8-13/h4-8,11,14H,9-10H2,1-3H3. The monoisotopic (exact) mass is 260 g/mol. The zero-order chi connectivity index (χ0) is 13.0. The fourth-order valence-corrected chi connectivity index (χ4v) is 2.98. The Morgan fingerprint density at radius 3 is 2.50 bits per heavy atom. The quantitative estimate of drug-likeness (QED) is 0.817. The highest BCUT2D eigenvalue weighted by Crippen LogP contribution is 2.30. The average molecular weight is 260 g/mol. The zero-order valence-electron chi connectivity index (χ0n) is 11.3. The molecule has 2 nitrogen and oxygen atoms in total. The summed E-state index contributed by atoms with van der Waals surface area (Å²) < 4.78 is 0. The number of benzene rings is 1. The van der Waals surface area contributed by atoms with Crippen LogP contribution < -0.4 is 0 Å². The Hall–Kier alpha value is -1.19. The second-order valence-corrected chi connectivity index (χ2v) is 6.13. The van der Waals surface area contributed by atoms with Crippen molar-refractivity contribution in [3.05, 3.63) is 52.0 Å². The van der Waals surface area contributed by atoms with Gasteiger partial charge >= 0.3 is 0 Å². The van der Waals surface area contributed by atoms with Crippen molar-refractivity contribution in [1.82, 2.24) is 9.88 Å². The largest absolute Gasteiger partial charge is 0.309 e. The van der Waals surface area contributed by atoms with Gasteiger partial charge in [-0.3, -0.25) is 0 Å². The smallest absolute Gasteiger partial charge is 0.100 e. The van der Waals surface area contributed by atoms with E-state index >= 15 is 0 Å². The molecule has 18 heavy (non-hydrogen) atoms. The molecular formula is C15H20N2S. The van der Waals surface area contributed by atoms with Crippen molar-refractivity contribution in [3.8, 4) is 0 Å². The molecule has 96 valence electrons. The van der Waals surface area contributed by atoms with E-state index in [1.807, 2.05) is 17.5 Å². The van der Waals surface area contributed by atoms with Gasteiger partial charge in [-0.15, -0.1) is 11.3 Å². The van der Waals surface area contributed by atoms with Crippen LogP contribution in [0.5, 0.6) is 0 Å². The fourth-order valence-electron chi connectivity index (χ4n) is 2.04. The van der Waals surface area contributed by atoms with E-state index in [1.54, 1.807) is 0 Å². The van der Waals surface area contributed by atoms with Gasteiger partial charge in [0.15, 0.2) is 0 Å². The molecular weight excluding hydrogens is 240 g/mol. The third-order valence-corrected chi connectivity index (χ3v) is 4.03. The minimum absolute atomic E-state index is 0.423. The van der Waals surface area contributed by atoms with Crippen LogP contribution in [0.1, 0.15) is 27.8 Å². The van der Waals surface area contributed by atoms with Gasteiger partial charge in [0.2, 0.25) is 0 Å². The maximum Gasteiger partial charge on any atom is 0.100 e. The van der Waals surface area contributed by atoms with Crippen LogP contribution >= 0.6 is 11.3 Å². The van der Waals surface area contributed by atoms with Crippen molar-refractivity contribution in [2.45, 2.75) is 19.3 Å². The molecule has 0 aliphatic heterocycles. The first kappa shape index (κ1) is 13.2. The molecule has 0 saturated carbocycles. The number of nitrogens with zero attached hydrogens (tertiary/aromatic N) is 2. The lowest BCUT2D eigenvalue weighted by atomic mass is 9.96. The molecule has 0 fully saturated rings. The van der Waals surface area contributed by atoms with Gasteiger partial charge in [0, 0.05) is 17.0 Å². The molecule has 0 bridgehead atoms. The lowest BCUT2D eigenvalue weighted by Crippen LogP contribution is -2.16. The van der Waals surface area contributed by atoms with E-state index in [-0.39, 0.29) is 0 Å². The second-order valence-electron chi connectivity index (χ2n) is 4.86. The topological polar surface area (TPSA) is 16.1 Å². The zero-order valence-corrected chi connectivity index (χ0v) is 12.1. The summed E-state index contributed by atoms with van der Waals surface area (Å²) in [6.07, 6.45) is 3.09. The van der Waals surface area contributed by atoms with E-state index in [4.69, 9.17) is 0 Å². The van der Waals surface area contributed by atoms with E-state index in [9.17, 15) is 0 Å². The number of aryl methyl sites for hydroxylation is 1. The van der Waals surface area contributed by atoms with E-state index in [0.717, 1.165) is 13.0 Å². The van der Waals surface area contributed by atoms with Gasteiger partial charge < -0.3 is 4.90 Å². The van der Waals surface area contributed by atoms with Gasteiger partial charge in [0.1, 0.15) is 5.01 Å². The van der Waals surface area contributed by atoms with Crippen LogP contribution in [0.15, 0.2) is 36.5 Å². The lowest BCUT2D eigenvalue weighted by molar-refractivity contribution is 0.390. The highest BCUT2D eigenvalue weighted by molar-refractivity contribution is 7.11. The summed E-state index contributed by atoms with van der Waals surface area (Å²) in [6.45, 7) is 3.20. The van der Waals surface area contributed by atoms with E-state index in [0.29, 0.717) is 5.92 Å². The highest BCUT2D eigenvalue weighted by Gasteiger charge is 2.17. The summed E-state index contributed by atoms with van der Waals surface area (Å²) in [7, 11) is 4.24. The molecule has 1 heterocycles. The van der Waals surface area contributed by atoms with Crippen LogP contribution in [0.4, 0.5) is 0 Å². The molecule has 3 heteroatoms. The Morgan fingerprint density at radius 1 is 1.22 bits per heavy atom. The molecule has 2 aromatic rings. The number of aromatic nitrogens is 1. The van der Waals surface area contributed by atoms with E-state index in [1.165, 1.54) is 15.4 Å². The third-order valence-electron chi connectivity index (χ3n) is 3.00. The molecule has 1 atom stereocenters. The van der Waals surface area contributed by atoms with Crippen molar-refractivity contribution in [2.75, 3.05) is 20.6 Å². The first-order valence-corrected chi connectivity index (χ1v) is 7.10. The summed E-state index contributed by atoms with van der Waals surface area (Å²) >= 11 is 1.81. The molecule has 1 aromatic carbocycles. The van der Waals surface area contributed by atoms with Gasteiger partial charge in [0.25, 0.3) is 0 Å². The summed E-state index contributed by atoms with van der Waals surface area (Å²) in [6, 6.07) is 10.7. The van der Waals surface area contributed by atoms with Crippen LogP contribution in [0, 0.1) is 6.92 Å². The molecule has 2 rings (SSSR count). The van der Waals surface area contributed by atoms with Gasteiger partial charge in [-0.1, -0.05) is 30.3 Å². The van der Waals surface area contributed by atoms with Gasteiger partial charge in [-0.2, -0.15) is 0 Å². The number of hydrogen-bond donors (Lipinski definition) is 0. The SMILES string of the molecule is Cc1cnc(C(CCN(C)C)c2ccccc2)s1. The third kappa shape index (κ3) is 3.40. The van der Waals surface area contributed by atoms with Gasteiger partial charge in [-0.05, 0) is 39.5 Å². The van der Waals surface area contributed by atoms with Crippen LogP contribution in [0.25, 0.3) is 0 Å². The number of rotatable bonds is 5. The summed E-state index contributed by atoms with van der Waals surface area (Å²) in [5, 5.41) is 1.24. The minimum atomic E-state index is 0.423. The summed E-state index contributed by atoms with van der Waals surface area (Å²) in [5.41, 5.74) is 1.37. The van der Waals surface area contributed by atoms with Crippen molar-refractivity contribution in [1.29, 1.82) is 0 Å². The molecule has 0 aliphatic carbocycles. The van der Waals surface area contributed by atoms with Crippen molar-refractivity contribution in [3.63, 3.8) is 0 Å². The van der Waals surface area contributed by atoms with E-state index < -0.39 is 0 Å². The predicted molar refractivity (Wildman–Crippen MR) is 78.3 cm³/mol. The number of thiazole rings is 1. The van der Waals surface area contributed by atoms with Crippen molar-refractivity contribution >= 4 is 11.3 Å². The fraction of sp³-hybridized carbons (Fsp3) is 0.400. The predicted octanol–water partition coefficient (Wildman–Crippen LogP) is 3.54. The minimum Gasteiger partial charge on any atom is -0.309 e. The molecule has 1 unspecified atom stereocenters. The lowest BCUT2D eigenvalue weighted by Gasteiger charge is -2.17. The van der Waals surface area contributed by atoms with Gasteiger partial charge in [0.05, 0.1) is 0 Å². The van der Waals surface area contributed by atoms with Crippen molar-refractivity contribution in [2.24, 2.45) is 0 Å². The molecule has 0 saturated heterocycles. The number of hydrogen-bond acceptors (Lipinski definition) is 3. The first-order valence-electron chi connectivity index (χ1n) is 6.29. The summed E-state index contributed by atoms with van der Waals surface area (Å²) in [4.78, 5) is 8.09. The summed E-state index contributed by atoms with van der Waals surface area (Å²) in [5.74, 6) is 0.423. The normalized spacial score (nSPS) is 12.9. The molecule has 0 radical (unpaired) electrons. The van der Waals surface area contributed by atoms with Gasteiger partial charge in [-0.25, -0.2) is 4.98 Å². The Kier molecular flexibility index (Phi) is 4.50. The maximum atomic E-state index is 4.57. The van der Waals surface area contributed by atoms with E-state index in [2.05, 4.69) is 61.2 Å². The Labute approximate surface area is 113 Å². The maximum absolute atomic E-state index is 4.57. The first-order chi connectivity index (χ1) is 8.66. The second kappa shape index (κ2) is 6.12. The molecule has 1 aromatic heterocycles. The van der Waals surface area contributed by atoms with Crippen LogP contribution in [0.2, 0.25) is 0 Å². The molecule has 0 N–H and O–H groups in total. The average Bonchev–Trinajstić information content (AvgIpc) is 2.77. The Bertz CT molecular complexity index is 476. The molecule has 0 spiro atoms. The Morgan fingerprint density at radius 2 is 1.94 bits per heavy atom. The Balaban J connectivity index is 2.23. The molecule has 0 amide bonds. The van der Waals surface area contributed by atoms with Crippen LogP contribution in [0.3, 0.4) is 0 Å².